The smallest absolute Gasteiger partial charge is 0.119 e. The first-order chi connectivity index (χ1) is 8.38. The lowest BCUT2D eigenvalue weighted by atomic mass is 9.81. The van der Waals surface area contributed by atoms with Gasteiger partial charge in [-0.15, -0.1) is 0 Å². The van der Waals surface area contributed by atoms with E-state index in [1.807, 2.05) is 0 Å². The van der Waals surface area contributed by atoms with Crippen molar-refractivity contribution >= 4 is 0 Å². The molecular formula is C15H27NO. The molecule has 0 aromatic heterocycles. The van der Waals surface area contributed by atoms with Crippen LogP contribution in [0.5, 0.6) is 0 Å². The predicted molar refractivity (Wildman–Crippen MR) is 69.9 cm³/mol. The molecule has 2 unspecified atom stereocenters. The van der Waals surface area contributed by atoms with Gasteiger partial charge >= 0.3 is 0 Å². The standard InChI is InChI=1S/C15H27NO/c1-2-6-10-15(11-7-3-1)16-14-9-5-4-8-13(14)12-17-15/h13-14,16H,1-12H2. The van der Waals surface area contributed by atoms with Gasteiger partial charge in [0.1, 0.15) is 5.72 Å². The fourth-order valence-corrected chi connectivity index (χ4v) is 4.01. The Bertz CT molecular complexity index is 245. The molecule has 98 valence electrons. The second-order valence-electron chi connectivity index (χ2n) is 6.37. The van der Waals surface area contributed by atoms with Crippen molar-refractivity contribution in [3.05, 3.63) is 0 Å². The van der Waals surface area contributed by atoms with Crippen molar-refractivity contribution in [3.8, 4) is 0 Å². The van der Waals surface area contributed by atoms with Gasteiger partial charge in [-0.2, -0.15) is 0 Å². The Hall–Kier alpha value is -0.0800. The number of rotatable bonds is 0. The molecular weight excluding hydrogens is 210 g/mol. The summed E-state index contributed by atoms with van der Waals surface area (Å²) in [5.74, 6) is 0.805. The van der Waals surface area contributed by atoms with Crippen molar-refractivity contribution < 1.29 is 4.74 Å². The molecule has 3 rings (SSSR count). The van der Waals surface area contributed by atoms with Crippen molar-refractivity contribution in [2.45, 2.75) is 82.4 Å². The van der Waals surface area contributed by atoms with E-state index < -0.39 is 0 Å². The van der Waals surface area contributed by atoms with Gasteiger partial charge in [0.15, 0.2) is 0 Å². The molecule has 0 amide bonds. The Balaban J connectivity index is 1.65. The van der Waals surface area contributed by atoms with Crippen LogP contribution < -0.4 is 5.32 Å². The fraction of sp³-hybridized carbons (Fsp3) is 1.00. The van der Waals surface area contributed by atoms with Gasteiger partial charge in [-0.1, -0.05) is 32.1 Å². The number of ether oxygens (including phenoxy) is 1. The quantitative estimate of drug-likeness (QED) is 0.695. The van der Waals surface area contributed by atoms with Crippen LogP contribution in [0, 0.1) is 5.92 Å². The third-order valence-electron chi connectivity index (χ3n) is 5.09. The first kappa shape index (κ1) is 12.0. The Labute approximate surface area is 105 Å². The molecule has 3 fully saturated rings. The minimum atomic E-state index is 0.0684. The van der Waals surface area contributed by atoms with E-state index in [4.69, 9.17) is 4.74 Å². The minimum Gasteiger partial charge on any atom is -0.360 e. The molecule has 3 aliphatic rings. The van der Waals surface area contributed by atoms with Gasteiger partial charge in [0.25, 0.3) is 0 Å². The van der Waals surface area contributed by atoms with Gasteiger partial charge in [0.05, 0.1) is 6.61 Å². The zero-order valence-electron chi connectivity index (χ0n) is 11.0. The lowest BCUT2D eigenvalue weighted by Gasteiger charge is -2.48. The number of hydrogen-bond acceptors (Lipinski definition) is 2. The number of hydrogen-bond donors (Lipinski definition) is 1. The third-order valence-corrected chi connectivity index (χ3v) is 5.09. The summed E-state index contributed by atoms with van der Waals surface area (Å²) in [7, 11) is 0. The molecule has 2 atom stereocenters. The highest BCUT2D eigenvalue weighted by Gasteiger charge is 2.41. The third kappa shape index (κ3) is 2.68. The minimum absolute atomic E-state index is 0.0684. The lowest BCUT2D eigenvalue weighted by Crippen LogP contribution is -2.61. The van der Waals surface area contributed by atoms with E-state index in [1.54, 1.807) is 0 Å². The van der Waals surface area contributed by atoms with Crippen LogP contribution in [0.4, 0.5) is 0 Å². The number of nitrogens with one attached hydrogen (secondary N) is 1. The molecule has 2 saturated carbocycles. The maximum absolute atomic E-state index is 6.30. The first-order valence-electron chi connectivity index (χ1n) is 7.80. The van der Waals surface area contributed by atoms with Crippen LogP contribution in [0.1, 0.15) is 70.6 Å². The van der Waals surface area contributed by atoms with Gasteiger partial charge in [0.2, 0.25) is 0 Å². The van der Waals surface area contributed by atoms with Gasteiger partial charge in [-0.3, -0.25) is 5.32 Å². The predicted octanol–water partition coefficient (Wildman–Crippen LogP) is 3.61. The van der Waals surface area contributed by atoms with Crippen molar-refractivity contribution in [1.82, 2.24) is 5.32 Å². The SMILES string of the molecule is C1CCCC2(CCC1)NC1CCCCC1CO2. The highest BCUT2D eigenvalue weighted by atomic mass is 16.5. The average molecular weight is 237 g/mol. The van der Waals surface area contributed by atoms with Gasteiger partial charge < -0.3 is 4.74 Å². The van der Waals surface area contributed by atoms with Crippen LogP contribution in [0.2, 0.25) is 0 Å². The van der Waals surface area contributed by atoms with Crippen LogP contribution in [0.15, 0.2) is 0 Å². The van der Waals surface area contributed by atoms with E-state index >= 15 is 0 Å². The Morgan fingerprint density at radius 1 is 0.824 bits per heavy atom. The van der Waals surface area contributed by atoms with E-state index in [9.17, 15) is 0 Å². The van der Waals surface area contributed by atoms with Crippen LogP contribution in [-0.2, 0) is 4.74 Å². The summed E-state index contributed by atoms with van der Waals surface area (Å²) in [6.45, 7) is 1.03. The maximum atomic E-state index is 6.30. The molecule has 0 radical (unpaired) electrons. The molecule has 1 saturated heterocycles. The van der Waals surface area contributed by atoms with Crippen LogP contribution in [-0.4, -0.2) is 18.4 Å². The zero-order valence-corrected chi connectivity index (χ0v) is 11.0. The second-order valence-corrected chi connectivity index (χ2v) is 6.37. The Morgan fingerprint density at radius 2 is 1.53 bits per heavy atom. The highest BCUT2D eigenvalue weighted by Crippen LogP contribution is 2.36. The highest BCUT2D eigenvalue weighted by molar-refractivity contribution is 4.93. The van der Waals surface area contributed by atoms with Crippen molar-refractivity contribution in [2.75, 3.05) is 6.61 Å². The number of fused-ring (bicyclic) bond motifs is 1. The molecule has 0 bridgehead atoms. The normalized spacial score (nSPS) is 38.1. The molecule has 2 nitrogen and oxygen atoms in total. The van der Waals surface area contributed by atoms with E-state index in [-0.39, 0.29) is 5.72 Å². The summed E-state index contributed by atoms with van der Waals surface area (Å²) in [6.07, 6.45) is 15.0. The largest absolute Gasteiger partial charge is 0.360 e. The van der Waals surface area contributed by atoms with Crippen LogP contribution in [0.25, 0.3) is 0 Å². The summed E-state index contributed by atoms with van der Waals surface area (Å²) < 4.78 is 6.30. The van der Waals surface area contributed by atoms with Gasteiger partial charge in [-0.25, -0.2) is 0 Å². The van der Waals surface area contributed by atoms with E-state index in [0.29, 0.717) is 0 Å². The molecule has 1 aliphatic heterocycles. The molecule has 2 aliphatic carbocycles. The summed E-state index contributed by atoms with van der Waals surface area (Å²) in [6, 6.07) is 0.761. The van der Waals surface area contributed by atoms with Crippen LogP contribution >= 0.6 is 0 Å². The average Bonchev–Trinajstić information content (AvgIpc) is 2.34. The molecule has 17 heavy (non-hydrogen) atoms. The first-order valence-corrected chi connectivity index (χ1v) is 7.80. The molecule has 2 heteroatoms. The fourth-order valence-electron chi connectivity index (χ4n) is 4.01. The van der Waals surface area contributed by atoms with E-state index in [1.165, 1.54) is 70.6 Å². The van der Waals surface area contributed by atoms with E-state index in [2.05, 4.69) is 5.32 Å². The topological polar surface area (TPSA) is 21.3 Å². The summed E-state index contributed by atoms with van der Waals surface area (Å²) >= 11 is 0. The summed E-state index contributed by atoms with van der Waals surface area (Å²) in [5.41, 5.74) is 0.0684. The maximum Gasteiger partial charge on any atom is 0.119 e. The van der Waals surface area contributed by atoms with Crippen LogP contribution in [0.3, 0.4) is 0 Å². The summed E-state index contributed by atoms with van der Waals surface area (Å²) in [5, 5.41) is 3.92. The van der Waals surface area contributed by atoms with E-state index in [0.717, 1.165) is 18.6 Å². The van der Waals surface area contributed by atoms with Crippen molar-refractivity contribution in [2.24, 2.45) is 5.92 Å². The molecule has 0 aromatic rings. The Morgan fingerprint density at radius 3 is 2.35 bits per heavy atom. The summed E-state index contributed by atoms with van der Waals surface area (Å²) in [4.78, 5) is 0. The van der Waals surface area contributed by atoms with Gasteiger partial charge in [0, 0.05) is 6.04 Å². The molecule has 1 spiro atoms. The lowest BCUT2D eigenvalue weighted by molar-refractivity contribution is -0.152. The zero-order chi connectivity index (χ0) is 11.6. The second kappa shape index (κ2) is 5.27. The molecule has 1 heterocycles. The van der Waals surface area contributed by atoms with Crippen molar-refractivity contribution in [1.29, 1.82) is 0 Å². The van der Waals surface area contributed by atoms with Crippen molar-refractivity contribution in [3.63, 3.8) is 0 Å². The molecule has 1 N–H and O–H groups in total. The molecule has 0 aromatic carbocycles. The Kier molecular flexibility index (Phi) is 3.72. The van der Waals surface area contributed by atoms with Gasteiger partial charge in [-0.05, 0) is 44.4 Å². The monoisotopic (exact) mass is 237 g/mol.